The van der Waals surface area contributed by atoms with E-state index in [1.807, 2.05) is 0 Å². The van der Waals surface area contributed by atoms with Crippen molar-refractivity contribution >= 4 is 15.9 Å². The highest BCUT2D eigenvalue weighted by Crippen LogP contribution is 2.21. The number of halogens is 2. The van der Waals surface area contributed by atoms with Gasteiger partial charge in [-0.2, -0.15) is 0 Å². The maximum absolute atomic E-state index is 13.4. The summed E-state index contributed by atoms with van der Waals surface area (Å²) in [7, 11) is -4.37. The van der Waals surface area contributed by atoms with Crippen molar-refractivity contribution in [2.24, 2.45) is 5.14 Å². The van der Waals surface area contributed by atoms with Gasteiger partial charge in [0, 0.05) is 12.6 Å². The Balaban J connectivity index is 3.51. The minimum absolute atomic E-state index is 0.125. The van der Waals surface area contributed by atoms with Crippen LogP contribution in [0, 0.1) is 11.6 Å². The van der Waals surface area contributed by atoms with Gasteiger partial charge in [0.2, 0.25) is 10.0 Å². The molecule has 2 N–H and O–H groups in total. The zero-order valence-electron chi connectivity index (χ0n) is 11.6. The lowest BCUT2D eigenvalue weighted by molar-refractivity contribution is 0.0724. The van der Waals surface area contributed by atoms with Gasteiger partial charge in [0.15, 0.2) is 11.6 Å². The Bertz CT molecular complexity index is 672. The predicted molar refractivity (Wildman–Crippen MR) is 74.1 cm³/mol. The first kappa shape index (κ1) is 17.3. The smallest absolute Gasteiger partial charge is 0.255 e. The second kappa shape index (κ2) is 6.31. The number of hydrogen-bond donors (Lipinski definition) is 1. The van der Waals surface area contributed by atoms with Gasteiger partial charge in [0.25, 0.3) is 5.91 Å². The Hall–Kier alpha value is -1.80. The highest BCUT2D eigenvalue weighted by atomic mass is 32.2. The third-order valence-corrected chi connectivity index (χ3v) is 3.72. The van der Waals surface area contributed by atoms with Crippen LogP contribution >= 0.6 is 0 Å². The molecular formula is C13H16F2N2O3S. The molecule has 0 aromatic heterocycles. The second-order valence-electron chi connectivity index (χ2n) is 4.65. The molecule has 0 aliphatic rings. The molecule has 0 heterocycles. The zero-order valence-corrected chi connectivity index (χ0v) is 12.5. The maximum Gasteiger partial charge on any atom is 0.255 e. The van der Waals surface area contributed by atoms with Crippen molar-refractivity contribution in [2.45, 2.75) is 24.8 Å². The molecule has 1 rings (SSSR count). The molecule has 1 amide bonds. The molecule has 0 fully saturated rings. The minimum Gasteiger partial charge on any atom is -0.332 e. The first-order chi connectivity index (χ1) is 9.59. The molecule has 0 saturated carbocycles. The fourth-order valence-corrected chi connectivity index (χ4v) is 2.47. The van der Waals surface area contributed by atoms with Gasteiger partial charge in [0.1, 0.15) is 0 Å². The summed E-state index contributed by atoms with van der Waals surface area (Å²) in [6.45, 7) is 7.00. The van der Waals surface area contributed by atoms with Crippen molar-refractivity contribution in [3.05, 3.63) is 42.0 Å². The van der Waals surface area contributed by atoms with Crippen LogP contribution in [0.1, 0.15) is 24.2 Å². The number of sulfonamides is 1. The molecule has 1 aromatic carbocycles. The van der Waals surface area contributed by atoms with E-state index < -0.39 is 38.0 Å². The number of nitrogens with two attached hydrogens (primary N) is 1. The van der Waals surface area contributed by atoms with E-state index in [1.54, 1.807) is 13.8 Å². The lowest BCUT2D eigenvalue weighted by Crippen LogP contribution is -2.38. The Morgan fingerprint density at radius 1 is 1.38 bits per heavy atom. The third-order valence-electron chi connectivity index (χ3n) is 2.77. The van der Waals surface area contributed by atoms with E-state index in [4.69, 9.17) is 5.14 Å². The van der Waals surface area contributed by atoms with E-state index in [0.29, 0.717) is 12.1 Å². The Morgan fingerprint density at radius 2 is 1.90 bits per heavy atom. The van der Waals surface area contributed by atoms with Gasteiger partial charge in [-0.1, -0.05) is 6.08 Å². The number of amides is 1. The van der Waals surface area contributed by atoms with E-state index in [0.717, 1.165) is 0 Å². The lowest BCUT2D eigenvalue weighted by Gasteiger charge is -2.26. The van der Waals surface area contributed by atoms with Crippen molar-refractivity contribution < 1.29 is 22.0 Å². The van der Waals surface area contributed by atoms with Gasteiger partial charge < -0.3 is 4.90 Å². The zero-order chi connectivity index (χ0) is 16.4. The number of hydrogen-bond acceptors (Lipinski definition) is 3. The molecule has 0 radical (unpaired) electrons. The molecule has 0 spiro atoms. The molecule has 0 aliphatic heterocycles. The standard InChI is InChI=1S/C13H16F2N2O3S/c1-4-5-17(8(2)3)13(18)9-6-10(14)11(15)7-12(9)21(16,19)20/h4,6-8H,1,5H2,2-3H3,(H2,16,19,20). The SMILES string of the molecule is C=CCN(C(=O)c1cc(F)c(F)cc1S(N)(=O)=O)C(C)C. The summed E-state index contributed by atoms with van der Waals surface area (Å²) in [5, 5.41) is 4.96. The fourth-order valence-electron chi connectivity index (χ4n) is 1.75. The van der Waals surface area contributed by atoms with Gasteiger partial charge in [0.05, 0.1) is 10.5 Å². The molecule has 0 aliphatic carbocycles. The summed E-state index contributed by atoms with van der Waals surface area (Å²) >= 11 is 0. The van der Waals surface area contributed by atoms with E-state index >= 15 is 0 Å². The number of rotatable bonds is 5. The normalized spacial score (nSPS) is 11.5. The van der Waals surface area contributed by atoms with Crippen LogP contribution in [-0.2, 0) is 10.0 Å². The van der Waals surface area contributed by atoms with E-state index in [-0.39, 0.29) is 12.6 Å². The number of carbonyl (C=O) groups excluding carboxylic acids is 1. The molecule has 21 heavy (non-hydrogen) atoms. The van der Waals surface area contributed by atoms with Crippen molar-refractivity contribution in [3.8, 4) is 0 Å². The van der Waals surface area contributed by atoms with E-state index in [1.165, 1.54) is 11.0 Å². The lowest BCUT2D eigenvalue weighted by atomic mass is 10.1. The molecule has 5 nitrogen and oxygen atoms in total. The average molecular weight is 318 g/mol. The summed E-state index contributed by atoms with van der Waals surface area (Å²) in [6, 6.07) is 0.650. The third kappa shape index (κ3) is 3.85. The van der Waals surface area contributed by atoms with E-state index in [2.05, 4.69) is 6.58 Å². The van der Waals surface area contributed by atoms with Crippen LogP contribution in [0.4, 0.5) is 8.78 Å². The number of carbonyl (C=O) groups is 1. The number of benzene rings is 1. The largest absolute Gasteiger partial charge is 0.332 e. The molecule has 0 bridgehead atoms. The monoisotopic (exact) mass is 318 g/mol. The summed E-state index contributed by atoms with van der Waals surface area (Å²) in [5.74, 6) is -3.49. The Kier molecular flexibility index (Phi) is 5.19. The quantitative estimate of drug-likeness (QED) is 0.838. The summed E-state index contributed by atoms with van der Waals surface area (Å²) in [6.07, 6.45) is 1.44. The number of primary sulfonamides is 1. The average Bonchev–Trinajstić information content (AvgIpc) is 2.36. The maximum atomic E-state index is 13.4. The molecule has 0 unspecified atom stereocenters. The van der Waals surface area contributed by atoms with Crippen LogP contribution in [-0.4, -0.2) is 31.8 Å². The highest BCUT2D eigenvalue weighted by Gasteiger charge is 2.27. The summed E-state index contributed by atoms with van der Waals surface area (Å²) < 4.78 is 49.5. The van der Waals surface area contributed by atoms with Crippen LogP contribution < -0.4 is 5.14 Å². The molecule has 116 valence electrons. The topological polar surface area (TPSA) is 80.5 Å². The molecular weight excluding hydrogens is 302 g/mol. The van der Waals surface area contributed by atoms with Crippen LogP contribution in [0.5, 0.6) is 0 Å². The highest BCUT2D eigenvalue weighted by molar-refractivity contribution is 7.89. The first-order valence-electron chi connectivity index (χ1n) is 6.03. The van der Waals surface area contributed by atoms with Crippen molar-refractivity contribution in [1.29, 1.82) is 0 Å². The van der Waals surface area contributed by atoms with E-state index in [9.17, 15) is 22.0 Å². The van der Waals surface area contributed by atoms with Crippen molar-refractivity contribution in [1.82, 2.24) is 4.90 Å². The fraction of sp³-hybridized carbons (Fsp3) is 0.308. The van der Waals surface area contributed by atoms with Gasteiger partial charge in [-0.05, 0) is 26.0 Å². The molecule has 1 aromatic rings. The first-order valence-corrected chi connectivity index (χ1v) is 7.58. The summed E-state index contributed by atoms with van der Waals surface area (Å²) in [5.41, 5.74) is -0.507. The van der Waals surface area contributed by atoms with Crippen molar-refractivity contribution in [2.75, 3.05) is 6.54 Å². The predicted octanol–water partition coefficient (Wildman–Crippen LogP) is 1.65. The van der Waals surface area contributed by atoms with Gasteiger partial charge in [-0.3, -0.25) is 4.79 Å². The number of nitrogens with zero attached hydrogens (tertiary/aromatic N) is 1. The van der Waals surface area contributed by atoms with Crippen molar-refractivity contribution in [3.63, 3.8) is 0 Å². The van der Waals surface area contributed by atoms with Gasteiger partial charge in [-0.25, -0.2) is 22.3 Å². The van der Waals surface area contributed by atoms with Gasteiger partial charge >= 0.3 is 0 Å². The van der Waals surface area contributed by atoms with Crippen LogP contribution in [0.3, 0.4) is 0 Å². The molecule has 0 atom stereocenters. The Morgan fingerprint density at radius 3 is 2.33 bits per heavy atom. The molecule has 0 saturated heterocycles. The Labute approximate surface area is 122 Å². The van der Waals surface area contributed by atoms with Crippen LogP contribution in [0.2, 0.25) is 0 Å². The second-order valence-corrected chi connectivity index (χ2v) is 6.18. The molecule has 8 heteroatoms. The summed E-state index contributed by atoms with van der Waals surface area (Å²) in [4.78, 5) is 12.9. The van der Waals surface area contributed by atoms with Gasteiger partial charge in [-0.15, -0.1) is 6.58 Å². The van der Waals surface area contributed by atoms with Crippen LogP contribution in [0.25, 0.3) is 0 Å². The minimum atomic E-state index is -4.37. The van der Waals surface area contributed by atoms with Crippen LogP contribution in [0.15, 0.2) is 29.7 Å².